The van der Waals surface area contributed by atoms with E-state index >= 15 is 0 Å². The molecule has 2 N–H and O–H groups in total. The molecule has 5 nitrogen and oxygen atoms in total. The summed E-state index contributed by atoms with van der Waals surface area (Å²) >= 11 is 1.59. The molecule has 1 fully saturated rings. The zero-order valence-corrected chi connectivity index (χ0v) is 12.3. The van der Waals surface area contributed by atoms with Crippen molar-refractivity contribution in [2.75, 3.05) is 13.1 Å². The van der Waals surface area contributed by atoms with E-state index in [0.717, 1.165) is 16.3 Å². The van der Waals surface area contributed by atoms with E-state index in [0.29, 0.717) is 25.2 Å². The molecule has 3 rings (SSSR count). The Labute approximate surface area is 121 Å². The number of likely N-dealkylation sites (tertiary alicyclic amines) is 1. The van der Waals surface area contributed by atoms with Crippen LogP contribution in [0.25, 0.3) is 11.3 Å². The van der Waals surface area contributed by atoms with Crippen LogP contribution in [-0.2, 0) is 0 Å². The van der Waals surface area contributed by atoms with Gasteiger partial charge in [-0.15, -0.1) is 11.3 Å². The van der Waals surface area contributed by atoms with Crippen molar-refractivity contribution in [3.05, 3.63) is 28.3 Å². The van der Waals surface area contributed by atoms with Crippen molar-refractivity contribution in [3.8, 4) is 11.3 Å². The molecule has 2 aromatic heterocycles. The molecule has 6 heteroatoms. The molecule has 0 spiro atoms. The van der Waals surface area contributed by atoms with Crippen LogP contribution in [0.3, 0.4) is 0 Å². The minimum atomic E-state index is -0.697. The van der Waals surface area contributed by atoms with Crippen molar-refractivity contribution >= 4 is 17.2 Å². The summed E-state index contributed by atoms with van der Waals surface area (Å²) in [7, 11) is 0. The first-order valence-corrected chi connectivity index (χ1v) is 7.51. The molecular formula is C14H17N3O2S. The number of aryl methyl sites for hydroxylation is 1. The van der Waals surface area contributed by atoms with E-state index in [4.69, 9.17) is 0 Å². The number of aromatic nitrogens is 2. The molecule has 0 unspecified atom stereocenters. The Morgan fingerprint density at radius 3 is 2.95 bits per heavy atom. The Balaban J connectivity index is 1.73. The average Bonchev–Trinajstić information content (AvgIpc) is 3.02. The maximum absolute atomic E-state index is 12.2. The maximum Gasteiger partial charge on any atom is 0.270 e. The normalized spacial score (nSPS) is 17.1. The zero-order chi connectivity index (χ0) is 14.3. The van der Waals surface area contributed by atoms with Crippen molar-refractivity contribution in [1.29, 1.82) is 0 Å². The van der Waals surface area contributed by atoms with Crippen LogP contribution >= 0.6 is 11.3 Å². The number of nitrogens with one attached hydrogen (secondary N) is 1. The molecule has 1 aliphatic heterocycles. The lowest BCUT2D eigenvalue weighted by molar-refractivity contribution is -0.0828. The Kier molecular flexibility index (Phi) is 3.14. The molecule has 3 heterocycles. The van der Waals surface area contributed by atoms with Gasteiger partial charge < -0.3 is 15.0 Å². The Morgan fingerprint density at radius 1 is 1.60 bits per heavy atom. The minimum absolute atomic E-state index is 0.0682. The van der Waals surface area contributed by atoms with Crippen molar-refractivity contribution < 1.29 is 9.90 Å². The van der Waals surface area contributed by atoms with Crippen molar-refractivity contribution in [2.24, 2.45) is 0 Å². The Morgan fingerprint density at radius 2 is 2.35 bits per heavy atom. The minimum Gasteiger partial charge on any atom is -0.386 e. The fourth-order valence-electron chi connectivity index (χ4n) is 2.36. The molecule has 0 aliphatic carbocycles. The van der Waals surface area contributed by atoms with Crippen molar-refractivity contribution in [1.82, 2.24) is 14.9 Å². The number of H-pyrrole nitrogens is 1. The summed E-state index contributed by atoms with van der Waals surface area (Å²) in [5.74, 6) is -0.0682. The van der Waals surface area contributed by atoms with Crippen LogP contribution in [0.4, 0.5) is 0 Å². The number of hydrogen-bond donors (Lipinski definition) is 2. The highest BCUT2D eigenvalue weighted by molar-refractivity contribution is 7.09. The second-order valence-electron chi connectivity index (χ2n) is 5.29. The monoisotopic (exact) mass is 291 g/mol. The molecular weight excluding hydrogens is 274 g/mol. The predicted molar refractivity (Wildman–Crippen MR) is 77.8 cm³/mol. The smallest absolute Gasteiger partial charge is 0.270 e. The van der Waals surface area contributed by atoms with Gasteiger partial charge in [0.25, 0.3) is 5.91 Å². The van der Waals surface area contributed by atoms with Gasteiger partial charge in [-0.2, -0.15) is 0 Å². The number of carbonyl (C=O) groups excluding carboxylic acids is 1. The quantitative estimate of drug-likeness (QED) is 0.909. The van der Waals surface area contributed by atoms with E-state index < -0.39 is 5.60 Å². The van der Waals surface area contributed by atoms with Crippen molar-refractivity contribution in [3.63, 3.8) is 0 Å². The van der Waals surface area contributed by atoms with E-state index in [9.17, 15) is 9.90 Å². The lowest BCUT2D eigenvalue weighted by atomic mass is 9.91. The molecule has 106 valence electrons. The van der Waals surface area contributed by atoms with Gasteiger partial charge in [0.15, 0.2) is 0 Å². The van der Waals surface area contributed by atoms with Gasteiger partial charge in [-0.3, -0.25) is 4.79 Å². The Bertz CT molecular complexity index is 640. The first-order valence-electron chi connectivity index (χ1n) is 6.63. The van der Waals surface area contributed by atoms with Gasteiger partial charge in [-0.05, 0) is 19.4 Å². The van der Waals surface area contributed by atoms with E-state index in [1.54, 1.807) is 22.4 Å². The van der Waals surface area contributed by atoms with Gasteiger partial charge in [0.1, 0.15) is 5.69 Å². The summed E-state index contributed by atoms with van der Waals surface area (Å²) in [6, 6.07) is 1.82. The largest absolute Gasteiger partial charge is 0.386 e. The molecule has 0 saturated carbocycles. The van der Waals surface area contributed by atoms with Crippen LogP contribution in [0, 0.1) is 6.92 Å². The number of amides is 1. The number of aliphatic hydroxyl groups is 1. The topological polar surface area (TPSA) is 69.2 Å². The third-order valence-corrected chi connectivity index (χ3v) is 4.52. The molecule has 1 aliphatic rings. The third-order valence-electron chi connectivity index (χ3n) is 3.74. The summed E-state index contributed by atoms with van der Waals surface area (Å²) in [5.41, 5.74) is 1.65. The standard InChI is InChI=1S/C14H17N3O2S/c1-3-14(19)7-17(8-14)13(18)11-4-10(5-15-11)12-6-20-9(2)16-12/h4-6,15,19H,3,7-8H2,1-2H3. The van der Waals surface area contributed by atoms with Crippen LogP contribution < -0.4 is 0 Å². The average molecular weight is 291 g/mol. The van der Waals surface area contributed by atoms with Crippen LogP contribution in [0.5, 0.6) is 0 Å². The molecule has 20 heavy (non-hydrogen) atoms. The number of thiazole rings is 1. The first kappa shape index (κ1) is 13.3. The lowest BCUT2D eigenvalue weighted by Gasteiger charge is -2.45. The van der Waals surface area contributed by atoms with E-state index in [-0.39, 0.29) is 5.91 Å². The second-order valence-corrected chi connectivity index (χ2v) is 6.36. The summed E-state index contributed by atoms with van der Waals surface area (Å²) in [5, 5.41) is 12.9. The lowest BCUT2D eigenvalue weighted by Crippen LogP contribution is -2.63. The fourth-order valence-corrected chi connectivity index (χ4v) is 2.99. The zero-order valence-electron chi connectivity index (χ0n) is 11.5. The van der Waals surface area contributed by atoms with Crippen LogP contribution in [0.1, 0.15) is 28.8 Å². The van der Waals surface area contributed by atoms with Crippen LogP contribution in [-0.4, -0.2) is 44.6 Å². The molecule has 0 radical (unpaired) electrons. The highest BCUT2D eigenvalue weighted by Crippen LogP contribution is 2.27. The number of β-amino-alcohol motifs (C(OH)–C–C–N with tert-alkyl or cyclic N) is 1. The van der Waals surface area contributed by atoms with Crippen LogP contribution in [0.2, 0.25) is 0 Å². The molecule has 1 saturated heterocycles. The van der Waals surface area contributed by atoms with E-state index in [2.05, 4.69) is 9.97 Å². The number of aromatic amines is 1. The SMILES string of the molecule is CCC1(O)CN(C(=O)c2cc(-c3csc(C)n3)c[nH]2)C1. The number of carbonyl (C=O) groups is 1. The Hall–Kier alpha value is -1.66. The highest BCUT2D eigenvalue weighted by atomic mass is 32.1. The fraction of sp³-hybridized carbons (Fsp3) is 0.429. The molecule has 0 atom stereocenters. The molecule has 0 aromatic carbocycles. The first-order chi connectivity index (χ1) is 9.50. The summed E-state index contributed by atoms with van der Waals surface area (Å²) in [6.07, 6.45) is 2.47. The third kappa shape index (κ3) is 2.25. The number of rotatable bonds is 3. The maximum atomic E-state index is 12.2. The highest BCUT2D eigenvalue weighted by Gasteiger charge is 2.42. The van der Waals surface area contributed by atoms with Crippen LogP contribution in [0.15, 0.2) is 17.6 Å². The van der Waals surface area contributed by atoms with E-state index in [1.807, 2.05) is 25.3 Å². The van der Waals surface area contributed by atoms with E-state index in [1.165, 1.54) is 0 Å². The molecule has 1 amide bonds. The van der Waals surface area contributed by atoms with Gasteiger partial charge in [0.2, 0.25) is 0 Å². The number of nitrogens with zero attached hydrogens (tertiary/aromatic N) is 2. The van der Waals surface area contributed by atoms with Gasteiger partial charge in [0, 0.05) is 17.1 Å². The summed E-state index contributed by atoms with van der Waals surface area (Å²) in [6.45, 7) is 4.71. The molecule has 2 aromatic rings. The predicted octanol–water partition coefficient (Wildman–Crippen LogP) is 2.04. The molecule has 0 bridgehead atoms. The summed E-state index contributed by atoms with van der Waals surface area (Å²) < 4.78 is 0. The van der Waals surface area contributed by atoms with Gasteiger partial charge in [-0.1, -0.05) is 6.92 Å². The van der Waals surface area contributed by atoms with Crippen molar-refractivity contribution in [2.45, 2.75) is 25.9 Å². The van der Waals surface area contributed by atoms with Gasteiger partial charge in [0.05, 0.1) is 29.4 Å². The summed E-state index contributed by atoms with van der Waals surface area (Å²) in [4.78, 5) is 21.3. The number of hydrogen-bond acceptors (Lipinski definition) is 4. The van der Waals surface area contributed by atoms with Gasteiger partial charge >= 0.3 is 0 Å². The van der Waals surface area contributed by atoms with Gasteiger partial charge in [-0.25, -0.2) is 4.98 Å². The second kappa shape index (κ2) is 4.71.